The van der Waals surface area contributed by atoms with Gasteiger partial charge < -0.3 is 9.88 Å². The Morgan fingerprint density at radius 1 is 1.11 bits per heavy atom. The van der Waals surface area contributed by atoms with Crippen LogP contribution < -0.4 is 0 Å². The molecule has 136 valence electrons. The average Bonchev–Trinajstić information content (AvgIpc) is 3.47. The zero-order chi connectivity index (χ0) is 18.2. The second-order valence-corrected chi connectivity index (χ2v) is 8.68. The van der Waals surface area contributed by atoms with Crippen molar-refractivity contribution in [3.63, 3.8) is 0 Å². The highest BCUT2D eigenvalue weighted by Crippen LogP contribution is 2.34. The molecule has 1 fully saturated rings. The van der Waals surface area contributed by atoms with Crippen molar-refractivity contribution in [1.29, 1.82) is 0 Å². The van der Waals surface area contributed by atoms with Crippen LogP contribution in [0.5, 0.6) is 0 Å². The van der Waals surface area contributed by atoms with Gasteiger partial charge in [0, 0.05) is 35.6 Å². The van der Waals surface area contributed by atoms with E-state index in [0.29, 0.717) is 11.6 Å². The largest absolute Gasteiger partial charge is 0.361 e. The van der Waals surface area contributed by atoms with Crippen LogP contribution in [-0.2, 0) is 0 Å². The number of hydrogen-bond donors (Lipinski definition) is 1. The Bertz CT molecular complexity index is 1070. The number of thiazole rings is 1. The third-order valence-corrected chi connectivity index (χ3v) is 7.18. The molecule has 0 bridgehead atoms. The smallest absolute Gasteiger partial charge is 0.273 e. The topological polar surface area (TPSA) is 49.0 Å². The maximum absolute atomic E-state index is 12.9. The molecule has 0 atom stereocenters. The Hall–Kier alpha value is -2.44. The summed E-state index contributed by atoms with van der Waals surface area (Å²) in [5.74, 6) is 0.564. The molecule has 1 N–H and O–H groups in total. The number of para-hydroxylation sites is 1. The molecule has 4 heterocycles. The van der Waals surface area contributed by atoms with Crippen molar-refractivity contribution in [3.05, 3.63) is 64.6 Å². The molecule has 5 rings (SSSR count). The number of amides is 1. The molecule has 3 aromatic heterocycles. The van der Waals surface area contributed by atoms with Crippen LogP contribution in [0.4, 0.5) is 0 Å². The zero-order valence-corrected chi connectivity index (χ0v) is 16.4. The van der Waals surface area contributed by atoms with E-state index < -0.39 is 0 Å². The van der Waals surface area contributed by atoms with Gasteiger partial charge in [-0.15, -0.1) is 22.7 Å². The SMILES string of the molecule is O=C(c1csc(-c2cccs2)n1)N1CCC(c2c[nH]c3ccccc23)CC1. The molecular formula is C21H19N3OS2. The number of nitrogens with one attached hydrogen (secondary N) is 1. The molecule has 0 unspecified atom stereocenters. The molecule has 4 aromatic rings. The van der Waals surface area contributed by atoms with Crippen LogP contribution in [0.2, 0.25) is 0 Å². The number of benzene rings is 1. The Balaban J connectivity index is 1.28. The van der Waals surface area contributed by atoms with Crippen LogP contribution in [-0.4, -0.2) is 33.9 Å². The van der Waals surface area contributed by atoms with Gasteiger partial charge in [-0.05, 0) is 41.8 Å². The van der Waals surface area contributed by atoms with Crippen molar-refractivity contribution in [2.24, 2.45) is 0 Å². The number of aromatic amines is 1. The van der Waals surface area contributed by atoms with Gasteiger partial charge in [-0.3, -0.25) is 4.79 Å². The van der Waals surface area contributed by atoms with E-state index in [1.165, 1.54) is 16.5 Å². The fourth-order valence-electron chi connectivity index (χ4n) is 3.87. The number of nitrogens with zero attached hydrogens (tertiary/aromatic N) is 2. The summed E-state index contributed by atoms with van der Waals surface area (Å²) < 4.78 is 0. The number of piperidine rings is 1. The lowest BCUT2D eigenvalue weighted by molar-refractivity contribution is 0.0708. The molecule has 6 heteroatoms. The lowest BCUT2D eigenvalue weighted by Gasteiger charge is -2.31. The first kappa shape index (κ1) is 16.7. The Morgan fingerprint density at radius 3 is 2.78 bits per heavy atom. The number of aromatic nitrogens is 2. The van der Waals surface area contributed by atoms with E-state index in [1.807, 2.05) is 27.8 Å². The number of rotatable bonds is 3. The highest BCUT2D eigenvalue weighted by molar-refractivity contribution is 7.20. The zero-order valence-electron chi connectivity index (χ0n) is 14.7. The summed E-state index contributed by atoms with van der Waals surface area (Å²) in [5.41, 5.74) is 3.15. The van der Waals surface area contributed by atoms with E-state index >= 15 is 0 Å². The minimum absolute atomic E-state index is 0.0615. The normalized spacial score (nSPS) is 15.5. The fourth-order valence-corrected chi connectivity index (χ4v) is 5.48. The molecule has 1 aromatic carbocycles. The van der Waals surface area contributed by atoms with Crippen molar-refractivity contribution in [2.45, 2.75) is 18.8 Å². The Labute approximate surface area is 165 Å². The van der Waals surface area contributed by atoms with Crippen LogP contribution in [0.15, 0.2) is 53.4 Å². The van der Waals surface area contributed by atoms with Crippen molar-refractivity contribution in [2.75, 3.05) is 13.1 Å². The fraction of sp³-hybridized carbons (Fsp3) is 0.238. The summed E-state index contributed by atoms with van der Waals surface area (Å²) in [6, 6.07) is 12.5. The number of hydrogen-bond acceptors (Lipinski definition) is 4. The standard InChI is InChI=1S/C21H19N3OS2/c25-21(18-13-27-20(23-18)19-6-3-11-26-19)24-9-7-14(8-10-24)16-12-22-17-5-2-1-4-15(16)17/h1-6,11-14,22H,7-10H2. The van der Waals surface area contributed by atoms with E-state index in [-0.39, 0.29) is 5.91 Å². The minimum Gasteiger partial charge on any atom is -0.361 e. The summed E-state index contributed by atoms with van der Waals surface area (Å²) >= 11 is 3.20. The maximum atomic E-state index is 12.9. The third kappa shape index (κ3) is 3.09. The van der Waals surface area contributed by atoms with Crippen molar-refractivity contribution in [3.8, 4) is 9.88 Å². The van der Waals surface area contributed by atoms with Crippen molar-refractivity contribution >= 4 is 39.5 Å². The highest BCUT2D eigenvalue weighted by atomic mass is 32.1. The molecule has 0 aliphatic carbocycles. The Kier molecular flexibility index (Phi) is 4.30. The van der Waals surface area contributed by atoms with Gasteiger partial charge in [0.05, 0.1) is 4.88 Å². The molecule has 1 aliphatic heterocycles. The minimum atomic E-state index is 0.0615. The number of thiophene rings is 1. The predicted octanol–water partition coefficient (Wildman–Crippen LogP) is 5.37. The monoisotopic (exact) mass is 393 g/mol. The Morgan fingerprint density at radius 2 is 1.96 bits per heavy atom. The van der Waals surface area contributed by atoms with Gasteiger partial charge in [-0.2, -0.15) is 0 Å². The van der Waals surface area contributed by atoms with Crippen LogP contribution in [0.1, 0.15) is 34.8 Å². The first-order chi connectivity index (χ1) is 13.3. The van der Waals surface area contributed by atoms with Gasteiger partial charge in [-0.25, -0.2) is 4.98 Å². The first-order valence-corrected chi connectivity index (χ1v) is 10.9. The quantitative estimate of drug-likeness (QED) is 0.508. The van der Waals surface area contributed by atoms with Crippen LogP contribution in [0.3, 0.4) is 0 Å². The van der Waals surface area contributed by atoms with Gasteiger partial charge >= 0.3 is 0 Å². The summed E-state index contributed by atoms with van der Waals surface area (Å²) in [6.07, 6.45) is 4.13. The van der Waals surface area contributed by atoms with Gasteiger partial charge in [0.2, 0.25) is 0 Å². The van der Waals surface area contributed by atoms with Gasteiger partial charge in [-0.1, -0.05) is 24.3 Å². The maximum Gasteiger partial charge on any atom is 0.273 e. The summed E-state index contributed by atoms with van der Waals surface area (Å²) in [5, 5.41) is 6.17. The first-order valence-electron chi connectivity index (χ1n) is 9.14. The molecule has 1 aliphatic rings. The van der Waals surface area contributed by atoms with Gasteiger partial charge in [0.15, 0.2) is 0 Å². The number of H-pyrrole nitrogens is 1. The van der Waals surface area contributed by atoms with Crippen molar-refractivity contribution in [1.82, 2.24) is 14.9 Å². The summed E-state index contributed by atoms with van der Waals surface area (Å²) in [6.45, 7) is 1.57. The molecule has 4 nitrogen and oxygen atoms in total. The van der Waals surface area contributed by atoms with Crippen LogP contribution in [0.25, 0.3) is 20.8 Å². The lowest BCUT2D eigenvalue weighted by atomic mass is 9.89. The molecular weight excluding hydrogens is 374 g/mol. The highest BCUT2D eigenvalue weighted by Gasteiger charge is 2.27. The number of likely N-dealkylation sites (tertiary alicyclic amines) is 1. The van der Waals surface area contributed by atoms with Gasteiger partial charge in [0.25, 0.3) is 5.91 Å². The predicted molar refractivity (Wildman–Crippen MR) is 112 cm³/mol. The van der Waals surface area contributed by atoms with Gasteiger partial charge in [0.1, 0.15) is 10.7 Å². The number of carbonyl (C=O) groups excluding carboxylic acids is 1. The van der Waals surface area contributed by atoms with Crippen molar-refractivity contribution < 1.29 is 4.79 Å². The van der Waals surface area contributed by atoms with E-state index in [4.69, 9.17) is 0 Å². The van der Waals surface area contributed by atoms with Crippen LogP contribution >= 0.6 is 22.7 Å². The lowest BCUT2D eigenvalue weighted by Crippen LogP contribution is -2.38. The third-order valence-electron chi connectivity index (χ3n) is 5.30. The average molecular weight is 394 g/mol. The van der Waals surface area contributed by atoms with E-state index in [0.717, 1.165) is 35.8 Å². The second-order valence-electron chi connectivity index (χ2n) is 6.87. The molecule has 0 spiro atoms. The number of fused-ring (bicyclic) bond motifs is 1. The molecule has 27 heavy (non-hydrogen) atoms. The summed E-state index contributed by atoms with van der Waals surface area (Å²) in [7, 11) is 0. The molecule has 1 saturated heterocycles. The second kappa shape index (κ2) is 6.94. The number of carbonyl (C=O) groups is 1. The molecule has 0 radical (unpaired) electrons. The molecule has 0 saturated carbocycles. The molecule has 1 amide bonds. The van der Waals surface area contributed by atoms with E-state index in [1.54, 1.807) is 22.7 Å². The van der Waals surface area contributed by atoms with Crippen LogP contribution in [0, 0.1) is 0 Å². The van der Waals surface area contributed by atoms with E-state index in [9.17, 15) is 4.79 Å². The van der Waals surface area contributed by atoms with E-state index in [2.05, 4.69) is 40.4 Å². The summed E-state index contributed by atoms with van der Waals surface area (Å²) in [4.78, 5) is 23.9.